The third-order valence-electron chi connectivity index (χ3n) is 7.45. The molecule has 2 heterocycles. The van der Waals surface area contributed by atoms with E-state index >= 15 is 0 Å². The number of pyridine rings is 1. The highest BCUT2D eigenvalue weighted by atomic mass is 33.1. The van der Waals surface area contributed by atoms with Crippen molar-refractivity contribution in [2.45, 2.75) is 33.2 Å². The molecule has 4 nitrogen and oxygen atoms in total. The number of benzene rings is 2. The van der Waals surface area contributed by atoms with Crippen molar-refractivity contribution in [3.05, 3.63) is 120 Å². The van der Waals surface area contributed by atoms with Gasteiger partial charge in [0.2, 0.25) is 0 Å². The molecule has 0 spiro atoms. The summed E-state index contributed by atoms with van der Waals surface area (Å²) in [4.78, 5) is 4.66. The van der Waals surface area contributed by atoms with E-state index in [0.717, 1.165) is 39.1 Å². The number of anilines is 2. The average molecular weight is 612 g/mol. The fourth-order valence-electron chi connectivity index (χ4n) is 4.60. The molecule has 3 aromatic rings. The first-order valence-corrected chi connectivity index (χ1v) is 18.0. The van der Waals surface area contributed by atoms with Gasteiger partial charge < -0.3 is 15.1 Å². The molecule has 1 aliphatic heterocycles. The van der Waals surface area contributed by atoms with Gasteiger partial charge >= 0.3 is 0 Å². The molecule has 226 valence electrons. The maximum Gasteiger partial charge on any atom is 0.169 e. The Labute approximate surface area is 267 Å². The first kappa shape index (κ1) is 32.6. The van der Waals surface area contributed by atoms with Crippen LogP contribution in [-0.4, -0.2) is 49.6 Å². The van der Waals surface area contributed by atoms with E-state index in [9.17, 15) is 0 Å². The number of aromatic nitrogens is 1. The predicted molar refractivity (Wildman–Crippen MR) is 194 cm³/mol. The molecule has 0 bridgehead atoms. The third-order valence-corrected chi connectivity index (χ3v) is 10.0. The molecule has 0 atom stereocenters. The van der Waals surface area contributed by atoms with Gasteiger partial charge in [-0.1, -0.05) is 76.2 Å². The lowest BCUT2D eigenvalue weighted by Crippen LogP contribution is -2.30. The van der Waals surface area contributed by atoms with E-state index in [4.69, 9.17) is 0 Å². The summed E-state index contributed by atoms with van der Waals surface area (Å²) in [5, 5.41) is 3.56. The van der Waals surface area contributed by atoms with E-state index in [0.29, 0.717) is 0 Å². The van der Waals surface area contributed by atoms with E-state index in [1.807, 2.05) is 21.6 Å². The van der Waals surface area contributed by atoms with Crippen LogP contribution in [0.25, 0.3) is 18.2 Å². The summed E-state index contributed by atoms with van der Waals surface area (Å²) >= 11 is 0. The van der Waals surface area contributed by atoms with Crippen LogP contribution in [0.4, 0.5) is 11.4 Å². The summed E-state index contributed by atoms with van der Waals surface area (Å²) in [5.41, 5.74) is 7.42. The van der Waals surface area contributed by atoms with Gasteiger partial charge in [0.1, 0.15) is 6.54 Å². The van der Waals surface area contributed by atoms with Crippen LogP contribution in [-0.2, 0) is 6.54 Å². The normalized spacial score (nSPS) is 13.2. The molecule has 1 N–H and O–H groups in total. The highest BCUT2D eigenvalue weighted by Crippen LogP contribution is 2.24. The van der Waals surface area contributed by atoms with Crippen molar-refractivity contribution >= 4 is 51.2 Å². The standard InChI is InChI=1S/C37H46N4S2/c1-4-40-26-20-34(21-27-40)10-8-32-12-16-36(17-13-32)38-24-6-30-42-43-31-7-25-39(3)37-18-14-33(15-19-37)9-11-35-22-28-41(5-2)29-23-35/h8-23,26-28H,4-7,24-25,29-31H2,1-3H3/p+1/b11-9+. The van der Waals surface area contributed by atoms with E-state index in [1.165, 1.54) is 51.6 Å². The summed E-state index contributed by atoms with van der Waals surface area (Å²) in [6.07, 6.45) is 22.0. The minimum atomic E-state index is 0.994. The van der Waals surface area contributed by atoms with Crippen LogP contribution < -0.4 is 14.8 Å². The molecule has 1 aliphatic rings. The molecule has 0 radical (unpaired) electrons. The molecule has 0 amide bonds. The van der Waals surface area contributed by atoms with Gasteiger partial charge in [0, 0.05) is 68.2 Å². The number of hydrogen-bond acceptors (Lipinski definition) is 5. The van der Waals surface area contributed by atoms with Crippen LogP contribution in [0.3, 0.4) is 0 Å². The molecule has 1 aromatic heterocycles. The quantitative estimate of drug-likeness (QED) is 0.0935. The van der Waals surface area contributed by atoms with Crippen LogP contribution in [0, 0.1) is 0 Å². The van der Waals surface area contributed by atoms with Crippen molar-refractivity contribution in [3.63, 3.8) is 0 Å². The first-order chi connectivity index (χ1) is 21.1. The fourth-order valence-corrected chi connectivity index (χ4v) is 6.76. The molecule has 0 saturated heterocycles. The Morgan fingerprint density at radius 3 is 2.07 bits per heavy atom. The van der Waals surface area contributed by atoms with E-state index in [1.54, 1.807) is 0 Å². The number of nitrogens with zero attached hydrogens (tertiary/aromatic N) is 3. The number of likely N-dealkylation sites (N-methyl/N-ethyl adjacent to an activating group) is 1. The topological polar surface area (TPSA) is 22.4 Å². The number of hydrogen-bond donors (Lipinski definition) is 1. The summed E-state index contributed by atoms with van der Waals surface area (Å²) in [7, 11) is 6.18. The Morgan fingerprint density at radius 2 is 1.44 bits per heavy atom. The molecule has 4 rings (SSSR count). The molecule has 0 unspecified atom stereocenters. The smallest absolute Gasteiger partial charge is 0.169 e. The molecule has 0 aliphatic carbocycles. The lowest BCUT2D eigenvalue weighted by molar-refractivity contribution is -0.693. The Kier molecular flexibility index (Phi) is 13.9. The van der Waals surface area contributed by atoms with Crippen LogP contribution in [0.5, 0.6) is 0 Å². The summed E-state index contributed by atoms with van der Waals surface area (Å²) in [5.74, 6) is 2.35. The molecular formula is C37H47N4S2+. The van der Waals surface area contributed by atoms with Gasteiger partial charge in [-0.2, -0.15) is 0 Å². The molecule has 0 fully saturated rings. The minimum Gasteiger partial charge on any atom is -0.385 e. The number of rotatable bonds is 17. The average Bonchev–Trinajstić information content (AvgIpc) is 3.06. The van der Waals surface area contributed by atoms with Crippen molar-refractivity contribution in [1.29, 1.82) is 0 Å². The second-order valence-electron chi connectivity index (χ2n) is 10.6. The highest BCUT2D eigenvalue weighted by molar-refractivity contribution is 8.76. The minimum absolute atomic E-state index is 0.994. The van der Waals surface area contributed by atoms with E-state index in [-0.39, 0.29) is 0 Å². The van der Waals surface area contributed by atoms with Gasteiger partial charge in [0.05, 0.1) is 0 Å². The molecule has 6 heteroatoms. The number of aryl methyl sites for hydroxylation is 1. The zero-order valence-electron chi connectivity index (χ0n) is 26.0. The molecule has 0 saturated carbocycles. The first-order valence-electron chi connectivity index (χ1n) is 15.5. The van der Waals surface area contributed by atoms with Crippen molar-refractivity contribution in [1.82, 2.24) is 4.90 Å². The van der Waals surface area contributed by atoms with Crippen LogP contribution in [0.2, 0.25) is 0 Å². The monoisotopic (exact) mass is 611 g/mol. The van der Waals surface area contributed by atoms with Gasteiger partial charge in [-0.25, -0.2) is 4.57 Å². The third kappa shape index (κ3) is 11.7. The van der Waals surface area contributed by atoms with Crippen molar-refractivity contribution in [3.8, 4) is 0 Å². The maximum absolute atomic E-state index is 3.56. The van der Waals surface area contributed by atoms with Crippen LogP contribution in [0.1, 0.15) is 43.4 Å². The Morgan fingerprint density at radius 1 is 0.814 bits per heavy atom. The SMILES string of the molecule is CCN1C=CC(/C=C/c2ccc(N(C)CCCSSCCCNc3ccc(/C=C/c4cc[n+](CC)cc4)cc3)cc2)=CC1. The highest BCUT2D eigenvalue weighted by Gasteiger charge is 2.03. The fraction of sp³-hybridized carbons (Fsp3) is 0.324. The van der Waals surface area contributed by atoms with Crippen LogP contribution >= 0.6 is 21.6 Å². The van der Waals surface area contributed by atoms with Gasteiger partial charge in [-0.3, -0.25) is 0 Å². The molecule has 2 aromatic carbocycles. The largest absolute Gasteiger partial charge is 0.385 e. The number of nitrogens with one attached hydrogen (secondary N) is 1. The van der Waals surface area contributed by atoms with E-state index < -0.39 is 0 Å². The zero-order valence-corrected chi connectivity index (χ0v) is 27.6. The van der Waals surface area contributed by atoms with Gasteiger partial charge in [-0.15, -0.1) is 0 Å². The predicted octanol–water partition coefficient (Wildman–Crippen LogP) is 8.66. The maximum atomic E-state index is 3.56. The van der Waals surface area contributed by atoms with Gasteiger partial charge in [0.15, 0.2) is 12.4 Å². The number of allylic oxidation sites excluding steroid dienone is 3. The summed E-state index contributed by atoms with van der Waals surface area (Å²) in [6, 6.07) is 21.9. The Balaban J connectivity index is 1.03. The van der Waals surface area contributed by atoms with Crippen molar-refractivity contribution < 1.29 is 4.57 Å². The lowest BCUT2D eigenvalue weighted by Gasteiger charge is -2.19. The molecule has 43 heavy (non-hydrogen) atoms. The van der Waals surface area contributed by atoms with E-state index in [2.05, 4.69) is 156 Å². The zero-order chi connectivity index (χ0) is 30.1. The van der Waals surface area contributed by atoms with Gasteiger partial charge in [0.25, 0.3) is 0 Å². The summed E-state index contributed by atoms with van der Waals surface area (Å²) < 4.78 is 2.17. The summed E-state index contributed by atoms with van der Waals surface area (Å²) in [6.45, 7) is 9.46. The second kappa shape index (κ2) is 18.3. The molecular weight excluding hydrogens is 565 g/mol. The van der Waals surface area contributed by atoms with Crippen molar-refractivity contribution in [2.75, 3.05) is 54.9 Å². The Bertz CT molecular complexity index is 1340. The van der Waals surface area contributed by atoms with Gasteiger partial charge in [-0.05, 0) is 85.5 Å². The van der Waals surface area contributed by atoms with Crippen LogP contribution in [0.15, 0.2) is 103 Å². The lowest BCUT2D eigenvalue weighted by atomic mass is 10.1. The second-order valence-corrected chi connectivity index (χ2v) is 13.4. The van der Waals surface area contributed by atoms with Crippen molar-refractivity contribution in [2.24, 2.45) is 0 Å². The Hall–Kier alpha value is -3.35.